The van der Waals surface area contributed by atoms with E-state index in [2.05, 4.69) is 20.6 Å². The Labute approximate surface area is 175 Å². The number of ether oxygens (including phenoxy) is 1. The van der Waals surface area contributed by atoms with Crippen LogP contribution in [-0.4, -0.2) is 30.1 Å². The highest BCUT2D eigenvalue weighted by Gasteiger charge is 2.06. The first-order chi connectivity index (χ1) is 11.6. The van der Waals surface area contributed by atoms with Crippen LogP contribution in [0.1, 0.15) is 23.7 Å². The predicted octanol–water partition coefficient (Wildman–Crippen LogP) is 4.25. The predicted molar refractivity (Wildman–Crippen MR) is 117 cm³/mol. The van der Waals surface area contributed by atoms with Crippen molar-refractivity contribution in [3.8, 4) is 5.75 Å². The van der Waals surface area contributed by atoms with E-state index in [1.807, 2.05) is 51.2 Å². The summed E-state index contributed by atoms with van der Waals surface area (Å²) < 4.78 is 5.85. The van der Waals surface area contributed by atoms with Crippen LogP contribution < -0.4 is 15.4 Å². The highest BCUT2D eigenvalue weighted by atomic mass is 127. The Balaban J connectivity index is 0.00000312. The summed E-state index contributed by atoms with van der Waals surface area (Å²) >= 11 is 7.54. The molecule has 1 aromatic heterocycles. The number of aliphatic imine (C=N–C) groups is 1. The summed E-state index contributed by atoms with van der Waals surface area (Å²) in [5.41, 5.74) is 0. The zero-order chi connectivity index (χ0) is 17.4. The van der Waals surface area contributed by atoms with Crippen LogP contribution in [0.15, 0.2) is 35.5 Å². The largest absolute Gasteiger partial charge is 0.489 e. The molecule has 0 aliphatic heterocycles. The number of benzene rings is 1. The van der Waals surface area contributed by atoms with Gasteiger partial charge in [-0.05, 0) is 45.0 Å². The van der Waals surface area contributed by atoms with Crippen molar-refractivity contribution in [1.29, 1.82) is 0 Å². The molecule has 0 amide bonds. The molecule has 0 fully saturated rings. The zero-order valence-electron chi connectivity index (χ0n) is 14.6. The molecule has 0 aliphatic rings. The van der Waals surface area contributed by atoms with Crippen molar-refractivity contribution in [2.24, 2.45) is 4.99 Å². The number of aromatic nitrogens is 1. The maximum atomic E-state index is 5.88. The van der Waals surface area contributed by atoms with Gasteiger partial charge in [-0.3, -0.25) is 0 Å². The van der Waals surface area contributed by atoms with Crippen LogP contribution >= 0.6 is 46.9 Å². The smallest absolute Gasteiger partial charge is 0.191 e. The van der Waals surface area contributed by atoms with Gasteiger partial charge in [0, 0.05) is 22.6 Å². The van der Waals surface area contributed by atoms with Gasteiger partial charge in [0.2, 0.25) is 0 Å². The lowest BCUT2D eigenvalue weighted by Gasteiger charge is -2.17. The number of nitrogens with zero attached hydrogens (tertiary/aromatic N) is 2. The summed E-state index contributed by atoms with van der Waals surface area (Å²) in [6.07, 6.45) is 1.87. The van der Waals surface area contributed by atoms with E-state index in [-0.39, 0.29) is 30.1 Å². The summed E-state index contributed by atoms with van der Waals surface area (Å²) in [5.74, 6) is 1.56. The highest BCUT2D eigenvalue weighted by molar-refractivity contribution is 14.0. The van der Waals surface area contributed by atoms with Crippen molar-refractivity contribution in [3.05, 3.63) is 45.4 Å². The molecule has 0 aliphatic carbocycles. The van der Waals surface area contributed by atoms with Crippen LogP contribution in [0.25, 0.3) is 0 Å². The molecule has 1 aromatic carbocycles. The molecule has 25 heavy (non-hydrogen) atoms. The molecule has 0 saturated carbocycles. The Morgan fingerprint density at radius 2 is 2.04 bits per heavy atom. The molecule has 5 nitrogen and oxygen atoms in total. The lowest BCUT2D eigenvalue weighted by Crippen LogP contribution is -2.41. The van der Waals surface area contributed by atoms with Gasteiger partial charge in [0.1, 0.15) is 16.9 Å². The average Bonchev–Trinajstić information content (AvgIpc) is 2.98. The fourth-order valence-corrected chi connectivity index (χ4v) is 2.83. The molecule has 138 valence electrons. The second-order valence-electron chi connectivity index (χ2n) is 5.32. The van der Waals surface area contributed by atoms with Gasteiger partial charge in [-0.25, -0.2) is 9.98 Å². The number of guanidine groups is 1. The molecule has 0 spiro atoms. The van der Waals surface area contributed by atoms with E-state index in [4.69, 9.17) is 16.3 Å². The minimum absolute atomic E-state index is 0. The zero-order valence-corrected chi connectivity index (χ0v) is 18.5. The van der Waals surface area contributed by atoms with Crippen LogP contribution in [-0.2, 0) is 6.54 Å². The summed E-state index contributed by atoms with van der Waals surface area (Å²) in [4.78, 5) is 10.1. The lowest BCUT2D eigenvalue weighted by molar-refractivity contribution is 0.224. The van der Waals surface area contributed by atoms with E-state index in [1.54, 1.807) is 11.3 Å². The second-order valence-corrected chi connectivity index (χ2v) is 7.08. The van der Waals surface area contributed by atoms with Crippen molar-refractivity contribution < 1.29 is 4.74 Å². The van der Waals surface area contributed by atoms with E-state index < -0.39 is 0 Å². The molecule has 0 radical (unpaired) electrons. The van der Waals surface area contributed by atoms with E-state index in [0.29, 0.717) is 18.1 Å². The minimum atomic E-state index is -0.00265. The molecule has 2 N–H and O–H groups in total. The summed E-state index contributed by atoms with van der Waals surface area (Å²) in [5, 5.41) is 8.23. The molecule has 0 saturated heterocycles. The van der Waals surface area contributed by atoms with Gasteiger partial charge in [0.15, 0.2) is 5.96 Å². The molecular weight excluding hydrogens is 471 g/mol. The Bertz CT molecular complexity index is 663. The number of aryl methyl sites for hydroxylation is 1. The molecule has 1 heterocycles. The van der Waals surface area contributed by atoms with Crippen molar-refractivity contribution in [1.82, 2.24) is 15.6 Å². The summed E-state index contributed by atoms with van der Waals surface area (Å²) in [6, 6.07) is 7.36. The van der Waals surface area contributed by atoms with Gasteiger partial charge < -0.3 is 15.4 Å². The van der Waals surface area contributed by atoms with E-state index in [1.165, 1.54) is 4.88 Å². The molecule has 2 aromatic rings. The Morgan fingerprint density at radius 3 is 2.64 bits per heavy atom. The van der Waals surface area contributed by atoms with Gasteiger partial charge in [0.25, 0.3) is 0 Å². The molecule has 0 bridgehead atoms. The average molecular weight is 495 g/mol. The number of nitrogens with one attached hydrogen (secondary N) is 2. The van der Waals surface area contributed by atoms with Gasteiger partial charge in [-0.1, -0.05) is 11.6 Å². The van der Waals surface area contributed by atoms with Crippen LogP contribution in [0.2, 0.25) is 5.02 Å². The van der Waals surface area contributed by atoms with Crippen LogP contribution in [0.4, 0.5) is 0 Å². The first kappa shape index (κ1) is 22.0. The quantitative estimate of drug-likeness (QED) is 0.343. The molecule has 1 atom stereocenters. The standard InChI is InChI=1S/C17H23ClN4OS.HI/c1-4-19-17(22-11-16-20-10-13(3)24-16)21-9-12(2)23-15-7-5-14(18)6-8-15;/h5-8,10,12H,4,9,11H2,1-3H3,(H2,19,21,22);1H. The van der Waals surface area contributed by atoms with Gasteiger partial charge in [-0.2, -0.15) is 0 Å². The number of rotatable bonds is 7. The van der Waals surface area contributed by atoms with Crippen LogP contribution in [0, 0.1) is 6.92 Å². The third kappa shape index (κ3) is 8.24. The topological polar surface area (TPSA) is 58.5 Å². The van der Waals surface area contributed by atoms with Crippen LogP contribution in [0.3, 0.4) is 0 Å². The van der Waals surface area contributed by atoms with Crippen molar-refractivity contribution in [2.45, 2.75) is 33.4 Å². The molecule has 1 unspecified atom stereocenters. The highest BCUT2D eigenvalue weighted by Crippen LogP contribution is 2.16. The third-order valence-corrected chi connectivity index (χ3v) is 4.24. The van der Waals surface area contributed by atoms with Gasteiger partial charge in [-0.15, -0.1) is 35.3 Å². The number of halogens is 2. The lowest BCUT2D eigenvalue weighted by atomic mass is 10.3. The maximum absolute atomic E-state index is 5.88. The Kier molecular flexibility index (Phi) is 10.1. The van der Waals surface area contributed by atoms with Gasteiger partial charge >= 0.3 is 0 Å². The monoisotopic (exact) mass is 494 g/mol. The van der Waals surface area contributed by atoms with E-state index in [9.17, 15) is 0 Å². The summed E-state index contributed by atoms with van der Waals surface area (Å²) in [7, 11) is 0. The first-order valence-electron chi connectivity index (χ1n) is 7.92. The van der Waals surface area contributed by atoms with E-state index in [0.717, 1.165) is 23.3 Å². The summed E-state index contributed by atoms with van der Waals surface area (Å²) in [6.45, 7) is 8.11. The normalized spacial score (nSPS) is 12.2. The number of thiazole rings is 1. The molecule has 2 rings (SSSR count). The SMILES string of the molecule is CCNC(=NCc1ncc(C)s1)NCC(C)Oc1ccc(Cl)cc1.I. The van der Waals surface area contributed by atoms with Gasteiger partial charge in [0.05, 0.1) is 13.1 Å². The number of hydrogen-bond acceptors (Lipinski definition) is 4. The van der Waals surface area contributed by atoms with Crippen molar-refractivity contribution in [2.75, 3.05) is 13.1 Å². The Morgan fingerprint density at radius 1 is 1.32 bits per heavy atom. The van der Waals surface area contributed by atoms with Crippen LogP contribution in [0.5, 0.6) is 5.75 Å². The number of hydrogen-bond donors (Lipinski definition) is 2. The van der Waals surface area contributed by atoms with Crippen molar-refractivity contribution in [3.63, 3.8) is 0 Å². The fraction of sp³-hybridized carbons (Fsp3) is 0.412. The van der Waals surface area contributed by atoms with Crippen molar-refractivity contribution >= 4 is 52.9 Å². The third-order valence-electron chi connectivity index (χ3n) is 3.09. The second kappa shape index (κ2) is 11.5. The minimum Gasteiger partial charge on any atom is -0.489 e. The molecular formula is C17H24ClIN4OS. The first-order valence-corrected chi connectivity index (χ1v) is 9.12. The Hall–Kier alpha value is -1.06. The maximum Gasteiger partial charge on any atom is 0.191 e. The molecule has 8 heteroatoms. The van der Waals surface area contributed by atoms with E-state index >= 15 is 0 Å². The fourth-order valence-electron chi connectivity index (χ4n) is 1.99.